The van der Waals surface area contributed by atoms with Crippen LogP contribution in [0.3, 0.4) is 0 Å². The summed E-state index contributed by atoms with van der Waals surface area (Å²) in [5, 5.41) is 12.8. The summed E-state index contributed by atoms with van der Waals surface area (Å²) in [6, 6.07) is 9.59. The molecule has 0 spiro atoms. The predicted molar refractivity (Wildman–Crippen MR) is 82.1 cm³/mol. The van der Waals surface area contributed by atoms with Gasteiger partial charge >= 0.3 is 5.97 Å². The van der Waals surface area contributed by atoms with E-state index in [0.717, 1.165) is 18.4 Å². The summed E-state index contributed by atoms with van der Waals surface area (Å²) in [6.45, 7) is 1.99. The van der Waals surface area contributed by atoms with Gasteiger partial charge in [0.1, 0.15) is 0 Å². The Hall–Kier alpha value is -2.36. The van der Waals surface area contributed by atoms with Crippen LogP contribution >= 0.6 is 0 Å². The van der Waals surface area contributed by atoms with Gasteiger partial charge in [0.2, 0.25) is 0 Å². The molecule has 4 nitrogen and oxygen atoms in total. The van der Waals surface area contributed by atoms with E-state index in [4.69, 9.17) is 9.94 Å². The lowest BCUT2D eigenvalue weighted by Gasteiger charge is -2.23. The van der Waals surface area contributed by atoms with Gasteiger partial charge in [-0.05, 0) is 25.8 Å². The van der Waals surface area contributed by atoms with Crippen LogP contribution in [0.1, 0.15) is 31.7 Å². The van der Waals surface area contributed by atoms with E-state index in [1.165, 1.54) is 0 Å². The number of unbranched alkanes of at least 4 members (excludes halogenated alkanes) is 1. The van der Waals surface area contributed by atoms with Crippen LogP contribution in [-0.2, 0) is 15.2 Å². The Morgan fingerprint density at radius 3 is 2.67 bits per heavy atom. The van der Waals surface area contributed by atoms with E-state index < -0.39 is 11.6 Å². The summed E-state index contributed by atoms with van der Waals surface area (Å²) in [5.41, 5.74) is 0.162. The molecule has 0 aliphatic carbocycles. The fourth-order valence-electron chi connectivity index (χ4n) is 2.26. The van der Waals surface area contributed by atoms with Gasteiger partial charge in [0.25, 0.3) is 0 Å². The average molecular weight is 285 g/mol. The minimum absolute atomic E-state index is 0.0527. The lowest BCUT2D eigenvalue weighted by Crippen LogP contribution is -2.25. The van der Waals surface area contributed by atoms with E-state index in [-0.39, 0.29) is 12.1 Å². The molecule has 0 saturated carbocycles. The van der Waals surface area contributed by atoms with Crippen molar-refractivity contribution in [2.24, 2.45) is 5.16 Å². The van der Waals surface area contributed by atoms with Gasteiger partial charge in [-0.1, -0.05) is 53.7 Å². The number of oxime groups is 1. The summed E-state index contributed by atoms with van der Waals surface area (Å²) in [4.78, 5) is 16.6. The zero-order chi connectivity index (χ0) is 15.1. The number of hydrogen-bond donors (Lipinski definition) is 1. The zero-order valence-corrected chi connectivity index (χ0v) is 12.0. The van der Waals surface area contributed by atoms with Crippen molar-refractivity contribution in [3.05, 3.63) is 60.2 Å². The molecule has 21 heavy (non-hydrogen) atoms. The molecule has 1 aromatic rings. The molecule has 1 atom stereocenters. The maximum Gasteiger partial charge on any atom is 0.353 e. The number of rotatable bonds is 6. The van der Waals surface area contributed by atoms with Crippen molar-refractivity contribution in [3.8, 4) is 0 Å². The molecule has 1 aliphatic heterocycles. The number of carbonyl (C=O) groups is 1. The standard InChI is InChI=1S/C17H19NO3/c1-2-3-4-5-9-12-17(14-10-7-6-8-11-14)13-15(16(19)20)18-21-17/h2-3,6-12H,4-5,13H2,1H3,(H,19,20)/b3-2-,12-9+. The summed E-state index contributed by atoms with van der Waals surface area (Å²) < 4.78 is 0. The molecule has 1 unspecified atom stereocenters. The Morgan fingerprint density at radius 1 is 1.33 bits per heavy atom. The Kier molecular flexibility index (Phi) is 4.93. The second kappa shape index (κ2) is 6.88. The molecule has 110 valence electrons. The van der Waals surface area contributed by atoms with Crippen LogP contribution in [0.5, 0.6) is 0 Å². The smallest absolute Gasteiger partial charge is 0.353 e. The number of allylic oxidation sites excluding steroid dienone is 3. The Bertz CT molecular complexity index is 575. The van der Waals surface area contributed by atoms with Gasteiger partial charge in [0.05, 0.1) is 6.42 Å². The van der Waals surface area contributed by atoms with Crippen LogP contribution in [0.15, 0.2) is 59.8 Å². The third kappa shape index (κ3) is 3.60. The highest BCUT2D eigenvalue weighted by molar-refractivity contribution is 6.36. The van der Waals surface area contributed by atoms with Gasteiger partial charge in [0.15, 0.2) is 11.3 Å². The minimum Gasteiger partial charge on any atom is -0.477 e. The van der Waals surface area contributed by atoms with E-state index >= 15 is 0 Å². The number of aliphatic carboxylic acids is 1. The number of nitrogens with zero attached hydrogens (tertiary/aromatic N) is 1. The maximum atomic E-state index is 11.1. The highest BCUT2D eigenvalue weighted by Crippen LogP contribution is 2.36. The molecule has 0 amide bonds. The summed E-state index contributed by atoms with van der Waals surface area (Å²) in [5.74, 6) is -1.03. The number of carboxylic acids is 1. The summed E-state index contributed by atoms with van der Waals surface area (Å²) in [6.07, 6.45) is 10.1. The van der Waals surface area contributed by atoms with Crippen molar-refractivity contribution < 1.29 is 14.7 Å². The molecular weight excluding hydrogens is 266 g/mol. The molecule has 2 rings (SSSR count). The van der Waals surface area contributed by atoms with Crippen LogP contribution in [0.25, 0.3) is 0 Å². The topological polar surface area (TPSA) is 58.9 Å². The SMILES string of the molecule is C/C=C\CC/C=C/C1(c2ccccc2)CC(C(=O)O)=NO1. The lowest BCUT2D eigenvalue weighted by atomic mass is 9.88. The highest BCUT2D eigenvalue weighted by atomic mass is 16.7. The number of hydrogen-bond acceptors (Lipinski definition) is 3. The van der Waals surface area contributed by atoms with Gasteiger partial charge in [-0.3, -0.25) is 0 Å². The molecular formula is C17H19NO3. The van der Waals surface area contributed by atoms with Gasteiger partial charge in [0, 0.05) is 5.56 Å². The number of benzene rings is 1. The van der Waals surface area contributed by atoms with Crippen molar-refractivity contribution in [1.29, 1.82) is 0 Å². The minimum atomic E-state index is -1.03. The first-order valence-corrected chi connectivity index (χ1v) is 7.01. The van der Waals surface area contributed by atoms with E-state index in [0.29, 0.717) is 0 Å². The Labute approximate surface area is 124 Å². The molecule has 1 N–H and O–H groups in total. The van der Waals surface area contributed by atoms with Gasteiger partial charge < -0.3 is 9.94 Å². The maximum absolute atomic E-state index is 11.1. The quantitative estimate of drug-likeness (QED) is 0.641. The van der Waals surface area contributed by atoms with Crippen molar-refractivity contribution in [3.63, 3.8) is 0 Å². The molecule has 0 saturated heterocycles. The van der Waals surface area contributed by atoms with Crippen LogP contribution in [0.4, 0.5) is 0 Å². The Balaban J connectivity index is 2.19. The first-order chi connectivity index (χ1) is 10.2. The lowest BCUT2D eigenvalue weighted by molar-refractivity contribution is -0.129. The van der Waals surface area contributed by atoms with E-state index in [1.807, 2.05) is 55.5 Å². The third-order valence-electron chi connectivity index (χ3n) is 3.38. The van der Waals surface area contributed by atoms with Crippen LogP contribution in [0.2, 0.25) is 0 Å². The van der Waals surface area contributed by atoms with Crippen molar-refractivity contribution in [2.75, 3.05) is 0 Å². The zero-order valence-electron chi connectivity index (χ0n) is 12.0. The fraction of sp³-hybridized carbons (Fsp3) is 0.294. The van der Waals surface area contributed by atoms with E-state index in [2.05, 4.69) is 11.2 Å². The van der Waals surface area contributed by atoms with Gasteiger partial charge in [-0.25, -0.2) is 4.79 Å². The number of carboxylic acid groups (broad SMARTS) is 1. The molecule has 1 heterocycles. The third-order valence-corrected chi connectivity index (χ3v) is 3.38. The Morgan fingerprint density at radius 2 is 2.05 bits per heavy atom. The predicted octanol–water partition coefficient (Wildman–Crippen LogP) is 3.66. The van der Waals surface area contributed by atoms with Crippen LogP contribution in [-0.4, -0.2) is 16.8 Å². The van der Waals surface area contributed by atoms with E-state index in [1.54, 1.807) is 0 Å². The van der Waals surface area contributed by atoms with Gasteiger partial charge in [-0.15, -0.1) is 0 Å². The van der Waals surface area contributed by atoms with E-state index in [9.17, 15) is 4.79 Å². The normalized spacial score (nSPS) is 21.7. The summed E-state index contributed by atoms with van der Waals surface area (Å²) >= 11 is 0. The largest absolute Gasteiger partial charge is 0.477 e. The molecule has 4 heteroatoms. The average Bonchev–Trinajstić information content (AvgIpc) is 2.94. The molecule has 1 aliphatic rings. The van der Waals surface area contributed by atoms with Gasteiger partial charge in [-0.2, -0.15) is 0 Å². The molecule has 0 bridgehead atoms. The first-order valence-electron chi connectivity index (χ1n) is 7.01. The molecule has 0 radical (unpaired) electrons. The second-order valence-corrected chi connectivity index (χ2v) is 4.92. The van der Waals surface area contributed by atoms with Crippen molar-refractivity contribution in [2.45, 2.75) is 31.8 Å². The van der Waals surface area contributed by atoms with Crippen molar-refractivity contribution >= 4 is 11.7 Å². The second-order valence-electron chi connectivity index (χ2n) is 4.92. The van der Waals surface area contributed by atoms with Crippen LogP contribution in [0, 0.1) is 0 Å². The van der Waals surface area contributed by atoms with Crippen molar-refractivity contribution in [1.82, 2.24) is 0 Å². The molecule has 0 fully saturated rings. The fourth-order valence-corrected chi connectivity index (χ4v) is 2.26. The molecule has 1 aromatic carbocycles. The van der Waals surface area contributed by atoms with Crippen LogP contribution < -0.4 is 0 Å². The monoisotopic (exact) mass is 285 g/mol. The molecule has 0 aromatic heterocycles. The summed E-state index contributed by atoms with van der Waals surface area (Å²) in [7, 11) is 0. The highest BCUT2D eigenvalue weighted by Gasteiger charge is 2.40. The first kappa shape index (κ1) is 15.0.